The van der Waals surface area contributed by atoms with Gasteiger partial charge >= 0.3 is 0 Å². The summed E-state index contributed by atoms with van der Waals surface area (Å²) in [5.41, 5.74) is 2.88. The van der Waals surface area contributed by atoms with Gasteiger partial charge in [-0.15, -0.1) is 0 Å². The minimum atomic E-state index is -0.379. The van der Waals surface area contributed by atoms with E-state index in [9.17, 15) is 10.1 Å². The molecule has 1 heterocycles. The Bertz CT molecular complexity index is 851. The van der Waals surface area contributed by atoms with Crippen LogP contribution in [0.1, 0.15) is 16.7 Å². The van der Waals surface area contributed by atoms with Crippen molar-refractivity contribution in [3.63, 3.8) is 0 Å². The van der Waals surface area contributed by atoms with Gasteiger partial charge in [0.25, 0.3) is 5.91 Å². The lowest BCUT2D eigenvalue weighted by atomic mass is 10.0. The molecular formula is C20H18N2O3. The SMILES string of the molecule is Cc1cc2c(cc1/C=C(/C#N)C(=O)NCCc1ccccc1)OCO2. The zero-order chi connectivity index (χ0) is 17.6. The topological polar surface area (TPSA) is 71.4 Å². The smallest absolute Gasteiger partial charge is 0.261 e. The highest BCUT2D eigenvalue weighted by Crippen LogP contribution is 2.35. The summed E-state index contributed by atoms with van der Waals surface area (Å²) in [5, 5.41) is 12.1. The molecule has 0 fully saturated rings. The molecule has 1 aliphatic heterocycles. The van der Waals surface area contributed by atoms with Crippen molar-refractivity contribution in [3.8, 4) is 17.6 Å². The summed E-state index contributed by atoms with van der Waals surface area (Å²) in [7, 11) is 0. The lowest BCUT2D eigenvalue weighted by Gasteiger charge is -2.06. The number of aryl methyl sites for hydroxylation is 1. The van der Waals surface area contributed by atoms with Crippen molar-refractivity contribution < 1.29 is 14.3 Å². The minimum absolute atomic E-state index is 0.0648. The molecule has 2 aromatic carbocycles. The van der Waals surface area contributed by atoms with Crippen molar-refractivity contribution in [3.05, 3.63) is 64.7 Å². The van der Waals surface area contributed by atoms with E-state index in [2.05, 4.69) is 5.32 Å². The summed E-state index contributed by atoms with van der Waals surface area (Å²) in [4.78, 5) is 12.3. The molecule has 126 valence electrons. The molecule has 0 saturated carbocycles. The number of ether oxygens (including phenoxy) is 2. The van der Waals surface area contributed by atoms with Gasteiger partial charge in [-0.2, -0.15) is 5.26 Å². The zero-order valence-electron chi connectivity index (χ0n) is 13.9. The predicted molar refractivity (Wildman–Crippen MR) is 94.0 cm³/mol. The summed E-state index contributed by atoms with van der Waals surface area (Å²) in [6.45, 7) is 2.56. The number of fused-ring (bicyclic) bond motifs is 1. The standard InChI is InChI=1S/C20H18N2O3/c1-14-9-18-19(25-13-24-18)11-16(14)10-17(12-21)20(23)22-8-7-15-5-3-2-4-6-15/h2-6,9-11H,7-8,13H2,1H3,(H,22,23)/b17-10-. The lowest BCUT2D eigenvalue weighted by Crippen LogP contribution is -2.26. The Balaban J connectivity index is 1.68. The molecule has 0 saturated heterocycles. The van der Waals surface area contributed by atoms with E-state index in [0.717, 1.165) is 16.7 Å². The quantitative estimate of drug-likeness (QED) is 0.674. The van der Waals surface area contributed by atoms with Crippen molar-refractivity contribution in [2.75, 3.05) is 13.3 Å². The fourth-order valence-electron chi connectivity index (χ4n) is 2.58. The Labute approximate surface area is 146 Å². The summed E-state index contributed by atoms with van der Waals surface area (Å²) in [5.74, 6) is 0.926. The van der Waals surface area contributed by atoms with Crippen LogP contribution in [0.4, 0.5) is 0 Å². The van der Waals surface area contributed by atoms with Crippen molar-refractivity contribution in [2.45, 2.75) is 13.3 Å². The van der Waals surface area contributed by atoms with Gasteiger partial charge in [0.05, 0.1) is 0 Å². The molecule has 5 nitrogen and oxygen atoms in total. The second-order valence-electron chi connectivity index (χ2n) is 5.72. The third-order valence-electron chi connectivity index (χ3n) is 3.97. The van der Waals surface area contributed by atoms with Gasteiger partial charge in [-0.1, -0.05) is 30.3 Å². The Morgan fingerprint density at radius 3 is 2.68 bits per heavy atom. The molecule has 0 bridgehead atoms. The average molecular weight is 334 g/mol. The van der Waals surface area contributed by atoms with E-state index >= 15 is 0 Å². The third-order valence-corrected chi connectivity index (χ3v) is 3.97. The second-order valence-corrected chi connectivity index (χ2v) is 5.72. The van der Waals surface area contributed by atoms with Crippen LogP contribution in [-0.4, -0.2) is 19.2 Å². The van der Waals surface area contributed by atoms with Crippen LogP contribution in [0, 0.1) is 18.3 Å². The molecule has 1 N–H and O–H groups in total. The molecule has 0 aromatic heterocycles. The number of nitrogens with zero attached hydrogens (tertiary/aromatic N) is 1. The molecule has 5 heteroatoms. The fraction of sp³-hybridized carbons (Fsp3) is 0.200. The highest BCUT2D eigenvalue weighted by molar-refractivity contribution is 6.01. The van der Waals surface area contributed by atoms with Crippen LogP contribution in [0.3, 0.4) is 0 Å². The van der Waals surface area contributed by atoms with Gasteiger partial charge in [-0.05, 0) is 48.2 Å². The first-order valence-electron chi connectivity index (χ1n) is 8.01. The molecule has 0 aliphatic carbocycles. The molecule has 1 aliphatic rings. The van der Waals surface area contributed by atoms with Crippen LogP contribution in [0.25, 0.3) is 6.08 Å². The van der Waals surface area contributed by atoms with Crippen LogP contribution in [-0.2, 0) is 11.2 Å². The van der Waals surface area contributed by atoms with Crippen LogP contribution in [0.5, 0.6) is 11.5 Å². The molecule has 3 rings (SSSR count). The normalized spacial score (nSPS) is 12.6. The first-order chi connectivity index (χ1) is 12.2. The van der Waals surface area contributed by atoms with Crippen LogP contribution in [0.15, 0.2) is 48.0 Å². The van der Waals surface area contributed by atoms with E-state index < -0.39 is 0 Å². The second kappa shape index (κ2) is 7.54. The number of nitrogens with one attached hydrogen (secondary N) is 1. The van der Waals surface area contributed by atoms with E-state index in [1.54, 1.807) is 12.1 Å². The Morgan fingerprint density at radius 1 is 1.24 bits per heavy atom. The Morgan fingerprint density at radius 2 is 1.96 bits per heavy atom. The van der Waals surface area contributed by atoms with E-state index in [-0.39, 0.29) is 18.3 Å². The number of hydrogen-bond acceptors (Lipinski definition) is 4. The molecule has 1 amide bonds. The molecule has 0 unspecified atom stereocenters. The van der Waals surface area contributed by atoms with Crippen LogP contribution >= 0.6 is 0 Å². The molecule has 0 radical (unpaired) electrons. The number of benzene rings is 2. The number of carbonyl (C=O) groups excluding carboxylic acids is 1. The van der Waals surface area contributed by atoms with Gasteiger partial charge in [0.2, 0.25) is 6.79 Å². The van der Waals surface area contributed by atoms with Crippen molar-refractivity contribution in [1.29, 1.82) is 5.26 Å². The van der Waals surface area contributed by atoms with Crippen molar-refractivity contribution in [1.82, 2.24) is 5.32 Å². The summed E-state index contributed by atoms with van der Waals surface area (Å²) < 4.78 is 10.7. The van der Waals surface area contributed by atoms with Crippen molar-refractivity contribution in [2.24, 2.45) is 0 Å². The maximum Gasteiger partial charge on any atom is 0.261 e. The molecule has 2 aromatic rings. The first kappa shape index (κ1) is 16.6. The van der Waals surface area contributed by atoms with Gasteiger partial charge in [0.1, 0.15) is 11.6 Å². The third kappa shape index (κ3) is 3.99. The van der Waals surface area contributed by atoms with E-state index in [1.807, 2.05) is 49.4 Å². The first-order valence-corrected chi connectivity index (χ1v) is 8.01. The van der Waals surface area contributed by atoms with Gasteiger partial charge in [-0.25, -0.2) is 0 Å². The average Bonchev–Trinajstić information content (AvgIpc) is 3.07. The molecule has 0 spiro atoms. The van der Waals surface area contributed by atoms with Gasteiger partial charge in [-0.3, -0.25) is 4.79 Å². The minimum Gasteiger partial charge on any atom is -0.454 e. The lowest BCUT2D eigenvalue weighted by molar-refractivity contribution is -0.117. The predicted octanol–water partition coefficient (Wildman–Crippen LogP) is 2.99. The van der Waals surface area contributed by atoms with E-state index in [0.29, 0.717) is 24.5 Å². The fourth-order valence-corrected chi connectivity index (χ4v) is 2.58. The molecule has 0 atom stereocenters. The van der Waals surface area contributed by atoms with Crippen LogP contribution < -0.4 is 14.8 Å². The van der Waals surface area contributed by atoms with Crippen LogP contribution in [0.2, 0.25) is 0 Å². The highest BCUT2D eigenvalue weighted by atomic mass is 16.7. The van der Waals surface area contributed by atoms with Gasteiger partial charge in [0.15, 0.2) is 11.5 Å². The van der Waals surface area contributed by atoms with E-state index in [4.69, 9.17) is 9.47 Å². The maximum atomic E-state index is 12.3. The summed E-state index contributed by atoms with van der Waals surface area (Å²) in [6, 6.07) is 15.5. The van der Waals surface area contributed by atoms with E-state index in [1.165, 1.54) is 0 Å². The number of amides is 1. The highest BCUT2D eigenvalue weighted by Gasteiger charge is 2.16. The summed E-state index contributed by atoms with van der Waals surface area (Å²) >= 11 is 0. The van der Waals surface area contributed by atoms with Gasteiger partial charge in [0, 0.05) is 6.54 Å². The Kier molecular flexibility index (Phi) is 5.00. The number of rotatable bonds is 5. The van der Waals surface area contributed by atoms with Gasteiger partial charge < -0.3 is 14.8 Å². The monoisotopic (exact) mass is 334 g/mol. The largest absolute Gasteiger partial charge is 0.454 e. The number of carbonyl (C=O) groups is 1. The number of hydrogen-bond donors (Lipinski definition) is 1. The zero-order valence-corrected chi connectivity index (χ0v) is 13.9. The molecular weight excluding hydrogens is 316 g/mol. The summed E-state index contributed by atoms with van der Waals surface area (Å²) in [6.07, 6.45) is 2.30. The molecule has 25 heavy (non-hydrogen) atoms. The maximum absolute atomic E-state index is 12.3. The number of nitriles is 1. The van der Waals surface area contributed by atoms with Crippen molar-refractivity contribution >= 4 is 12.0 Å². The Hall–Kier alpha value is -3.26.